The van der Waals surface area contributed by atoms with Crippen molar-refractivity contribution in [2.45, 2.75) is 23.5 Å². The molecule has 0 radical (unpaired) electrons. The van der Waals surface area contributed by atoms with Crippen molar-refractivity contribution >= 4 is 60.0 Å². The van der Waals surface area contributed by atoms with Gasteiger partial charge in [0, 0.05) is 13.1 Å². The molecule has 1 fully saturated rings. The van der Waals surface area contributed by atoms with Crippen LogP contribution >= 0.6 is 27.3 Å². The van der Waals surface area contributed by atoms with Gasteiger partial charge >= 0.3 is 0 Å². The predicted molar refractivity (Wildman–Crippen MR) is 137 cm³/mol. The van der Waals surface area contributed by atoms with Gasteiger partial charge in [0.15, 0.2) is 11.6 Å². The standard InChI is InChI=1S/C24H23BrN4O2S2/c25-21-10-11-22(32-21)33(30,31)28-23-24(27-20-9-5-4-8-19(20)26-23)29-14-12-18(13-15-29)16-17-6-2-1-3-7-17/h1-11,18H,12-16H2,(H,26,28). The molecule has 3 heterocycles. The maximum atomic E-state index is 13.0. The SMILES string of the molecule is O=S(=O)(Nc1nc2ccccc2nc1N1CCC(Cc2ccccc2)CC1)c1ccc(Br)s1. The molecule has 170 valence electrons. The molecule has 2 aromatic heterocycles. The smallest absolute Gasteiger partial charge is 0.272 e. The van der Waals surface area contributed by atoms with Crippen LogP contribution in [0.3, 0.4) is 0 Å². The second-order valence-electron chi connectivity index (χ2n) is 8.17. The number of piperidine rings is 1. The van der Waals surface area contributed by atoms with Gasteiger partial charge in [-0.3, -0.25) is 4.72 Å². The van der Waals surface area contributed by atoms with Crippen LogP contribution in [0.5, 0.6) is 0 Å². The Hall–Kier alpha value is -2.49. The van der Waals surface area contributed by atoms with E-state index in [4.69, 9.17) is 4.98 Å². The van der Waals surface area contributed by atoms with Crippen LogP contribution in [0, 0.1) is 5.92 Å². The molecule has 1 aliphatic heterocycles. The normalized spacial score (nSPS) is 15.1. The quantitative estimate of drug-likeness (QED) is 0.337. The third-order valence-corrected chi connectivity index (χ3v) is 9.33. The summed E-state index contributed by atoms with van der Waals surface area (Å²) in [5, 5.41) is 0. The molecule has 0 spiro atoms. The number of hydrogen-bond acceptors (Lipinski definition) is 6. The van der Waals surface area contributed by atoms with E-state index in [0.717, 1.165) is 53.0 Å². The summed E-state index contributed by atoms with van der Waals surface area (Å²) in [7, 11) is -3.76. The lowest BCUT2D eigenvalue weighted by Crippen LogP contribution is -2.35. The van der Waals surface area contributed by atoms with Crippen molar-refractivity contribution in [1.82, 2.24) is 9.97 Å². The number of nitrogens with zero attached hydrogens (tertiary/aromatic N) is 3. The number of anilines is 2. The van der Waals surface area contributed by atoms with Crippen LogP contribution in [0.1, 0.15) is 18.4 Å². The van der Waals surface area contributed by atoms with Gasteiger partial charge in [0.1, 0.15) is 4.21 Å². The molecule has 2 aromatic carbocycles. The summed E-state index contributed by atoms with van der Waals surface area (Å²) in [6.45, 7) is 1.62. The summed E-state index contributed by atoms with van der Waals surface area (Å²) in [6, 6.07) is 21.4. The highest BCUT2D eigenvalue weighted by atomic mass is 79.9. The molecular formula is C24H23BrN4O2S2. The van der Waals surface area contributed by atoms with Crippen molar-refractivity contribution in [3.63, 3.8) is 0 Å². The highest BCUT2D eigenvalue weighted by Crippen LogP contribution is 2.33. The van der Waals surface area contributed by atoms with E-state index in [0.29, 0.717) is 17.3 Å². The van der Waals surface area contributed by atoms with Crippen molar-refractivity contribution in [1.29, 1.82) is 0 Å². The number of nitrogens with one attached hydrogen (secondary N) is 1. The lowest BCUT2D eigenvalue weighted by atomic mass is 9.90. The summed E-state index contributed by atoms with van der Waals surface area (Å²) in [4.78, 5) is 11.6. The Balaban J connectivity index is 1.41. The van der Waals surface area contributed by atoms with E-state index in [9.17, 15) is 8.42 Å². The predicted octanol–water partition coefficient (Wildman–Crippen LogP) is 5.71. The zero-order valence-electron chi connectivity index (χ0n) is 17.8. The largest absolute Gasteiger partial charge is 0.353 e. The molecule has 0 bridgehead atoms. The van der Waals surface area contributed by atoms with Crippen LogP contribution in [0.4, 0.5) is 11.6 Å². The number of sulfonamides is 1. The molecule has 5 rings (SSSR count). The molecule has 0 aliphatic carbocycles. The number of thiophene rings is 1. The number of benzene rings is 2. The number of para-hydroxylation sites is 2. The summed E-state index contributed by atoms with van der Waals surface area (Å²) >= 11 is 4.50. The van der Waals surface area contributed by atoms with Crippen LogP contribution in [-0.4, -0.2) is 31.5 Å². The number of fused-ring (bicyclic) bond motifs is 1. The molecular weight excluding hydrogens is 520 g/mol. The minimum atomic E-state index is -3.76. The van der Waals surface area contributed by atoms with E-state index in [1.807, 2.05) is 30.3 Å². The van der Waals surface area contributed by atoms with Gasteiger partial charge in [-0.25, -0.2) is 18.4 Å². The molecule has 9 heteroatoms. The molecule has 0 amide bonds. The van der Waals surface area contributed by atoms with Crippen LogP contribution < -0.4 is 9.62 Å². The molecule has 1 aliphatic rings. The van der Waals surface area contributed by atoms with Crippen molar-refractivity contribution in [3.8, 4) is 0 Å². The molecule has 1 saturated heterocycles. The van der Waals surface area contributed by atoms with Crippen molar-refractivity contribution in [3.05, 3.63) is 76.1 Å². The molecule has 4 aromatic rings. The van der Waals surface area contributed by atoms with Gasteiger partial charge in [0.2, 0.25) is 0 Å². The second-order valence-corrected chi connectivity index (χ2v) is 12.5. The topological polar surface area (TPSA) is 75.2 Å². The van der Waals surface area contributed by atoms with Crippen molar-refractivity contribution in [2.24, 2.45) is 5.92 Å². The molecule has 33 heavy (non-hydrogen) atoms. The Morgan fingerprint density at radius 2 is 1.61 bits per heavy atom. The zero-order chi connectivity index (χ0) is 22.8. The molecule has 6 nitrogen and oxygen atoms in total. The molecule has 0 atom stereocenters. The average Bonchev–Trinajstić information content (AvgIpc) is 3.27. The van der Waals surface area contributed by atoms with E-state index in [1.54, 1.807) is 12.1 Å². The van der Waals surface area contributed by atoms with Gasteiger partial charge in [-0.1, -0.05) is 42.5 Å². The maximum Gasteiger partial charge on any atom is 0.272 e. The summed E-state index contributed by atoms with van der Waals surface area (Å²) in [5.41, 5.74) is 2.77. The highest BCUT2D eigenvalue weighted by Gasteiger charge is 2.26. The van der Waals surface area contributed by atoms with Gasteiger partial charge in [0.05, 0.1) is 14.8 Å². The fourth-order valence-corrected chi connectivity index (χ4v) is 7.21. The second kappa shape index (κ2) is 9.40. The first-order valence-corrected chi connectivity index (χ1v) is 13.9. The van der Waals surface area contributed by atoms with Crippen LogP contribution in [-0.2, 0) is 16.4 Å². The first kappa shape index (κ1) is 22.3. The monoisotopic (exact) mass is 542 g/mol. The Morgan fingerprint density at radius 3 is 2.27 bits per heavy atom. The summed E-state index contributed by atoms with van der Waals surface area (Å²) in [5.74, 6) is 1.46. The van der Waals surface area contributed by atoms with E-state index in [-0.39, 0.29) is 10.0 Å². The lowest BCUT2D eigenvalue weighted by molar-refractivity contribution is 0.402. The third-order valence-electron chi connectivity index (χ3n) is 5.88. The van der Waals surface area contributed by atoms with Crippen LogP contribution in [0.2, 0.25) is 0 Å². The minimum absolute atomic E-state index is 0.233. The molecule has 0 saturated carbocycles. The number of halogens is 1. The zero-order valence-corrected chi connectivity index (χ0v) is 21.0. The van der Waals surface area contributed by atoms with Gasteiger partial charge in [-0.2, -0.15) is 0 Å². The Kier molecular flexibility index (Phi) is 6.36. The first-order valence-electron chi connectivity index (χ1n) is 10.8. The fourth-order valence-electron chi connectivity index (χ4n) is 4.20. The van der Waals surface area contributed by atoms with Gasteiger partial charge in [-0.05, 0) is 70.9 Å². The Morgan fingerprint density at radius 1 is 0.939 bits per heavy atom. The number of aromatic nitrogens is 2. The average molecular weight is 544 g/mol. The van der Waals surface area contributed by atoms with E-state index in [2.05, 4.69) is 54.8 Å². The van der Waals surface area contributed by atoms with Crippen molar-refractivity contribution in [2.75, 3.05) is 22.7 Å². The van der Waals surface area contributed by atoms with E-state index >= 15 is 0 Å². The third kappa shape index (κ3) is 5.05. The van der Waals surface area contributed by atoms with Gasteiger partial charge < -0.3 is 4.90 Å². The van der Waals surface area contributed by atoms with Gasteiger partial charge in [-0.15, -0.1) is 11.3 Å². The van der Waals surface area contributed by atoms with Crippen molar-refractivity contribution < 1.29 is 8.42 Å². The lowest BCUT2D eigenvalue weighted by Gasteiger charge is -2.33. The van der Waals surface area contributed by atoms with Gasteiger partial charge in [0.25, 0.3) is 10.0 Å². The Bertz CT molecular complexity index is 1370. The molecule has 0 unspecified atom stereocenters. The van der Waals surface area contributed by atoms with Crippen LogP contribution in [0.15, 0.2) is 74.7 Å². The number of rotatable bonds is 6. The molecule has 1 N–H and O–H groups in total. The van der Waals surface area contributed by atoms with Crippen LogP contribution in [0.25, 0.3) is 11.0 Å². The highest BCUT2D eigenvalue weighted by molar-refractivity contribution is 9.11. The Labute approximate surface area is 205 Å². The number of hydrogen-bond donors (Lipinski definition) is 1. The first-order chi connectivity index (χ1) is 16.0. The minimum Gasteiger partial charge on any atom is -0.353 e. The maximum absolute atomic E-state index is 13.0. The van der Waals surface area contributed by atoms with E-state index in [1.165, 1.54) is 5.56 Å². The fraction of sp³-hybridized carbons (Fsp3) is 0.250. The van der Waals surface area contributed by atoms with E-state index < -0.39 is 10.0 Å². The summed E-state index contributed by atoms with van der Waals surface area (Å²) < 4.78 is 29.8. The summed E-state index contributed by atoms with van der Waals surface area (Å²) in [6.07, 6.45) is 3.10.